The molecule has 2 saturated heterocycles. The number of carbonyl (C=O) groups is 2. The van der Waals surface area contributed by atoms with Gasteiger partial charge in [-0.25, -0.2) is 9.97 Å². The minimum atomic E-state index is -0.253. The Bertz CT molecular complexity index is 602. The van der Waals surface area contributed by atoms with Crippen LogP contribution in [-0.4, -0.2) is 59.0 Å². The van der Waals surface area contributed by atoms with Crippen LogP contribution in [0.3, 0.4) is 0 Å². The molecular formula is C19H28N4O3. The van der Waals surface area contributed by atoms with Crippen molar-refractivity contribution >= 4 is 17.8 Å². The number of nitrogens with zero attached hydrogens (tertiary/aromatic N) is 4. The van der Waals surface area contributed by atoms with Gasteiger partial charge < -0.3 is 14.5 Å². The van der Waals surface area contributed by atoms with Gasteiger partial charge in [0.25, 0.3) is 5.91 Å². The van der Waals surface area contributed by atoms with Crippen LogP contribution in [0.2, 0.25) is 0 Å². The normalized spacial score (nSPS) is 21.5. The summed E-state index contributed by atoms with van der Waals surface area (Å²) in [6.45, 7) is 4.21. The van der Waals surface area contributed by atoms with Crippen molar-refractivity contribution in [2.24, 2.45) is 5.92 Å². The Kier molecular flexibility index (Phi) is 6.41. The van der Waals surface area contributed by atoms with Gasteiger partial charge in [0.05, 0.1) is 5.92 Å². The van der Waals surface area contributed by atoms with E-state index in [4.69, 9.17) is 4.74 Å². The van der Waals surface area contributed by atoms with Crippen LogP contribution >= 0.6 is 0 Å². The highest BCUT2D eigenvalue weighted by atomic mass is 16.5. The molecule has 3 heterocycles. The summed E-state index contributed by atoms with van der Waals surface area (Å²) in [7, 11) is 0. The van der Waals surface area contributed by atoms with Crippen LogP contribution < -0.4 is 4.90 Å². The maximum Gasteiger partial charge on any atom is 0.309 e. The minimum Gasteiger partial charge on any atom is -0.455 e. The van der Waals surface area contributed by atoms with E-state index in [1.54, 1.807) is 18.5 Å². The first kappa shape index (κ1) is 18.6. The third-order valence-corrected chi connectivity index (χ3v) is 5.42. The molecule has 0 aromatic carbocycles. The first-order valence-corrected chi connectivity index (χ1v) is 9.67. The quantitative estimate of drug-likeness (QED) is 0.748. The van der Waals surface area contributed by atoms with Crippen molar-refractivity contribution in [1.29, 1.82) is 0 Å². The number of amides is 1. The number of esters is 1. The van der Waals surface area contributed by atoms with Crippen molar-refractivity contribution in [3.05, 3.63) is 18.5 Å². The van der Waals surface area contributed by atoms with Crippen LogP contribution in [0.4, 0.5) is 5.95 Å². The average molecular weight is 360 g/mol. The van der Waals surface area contributed by atoms with E-state index >= 15 is 0 Å². The molecule has 1 aromatic rings. The molecule has 2 aliphatic heterocycles. The number of piperidine rings is 2. The molecule has 1 aromatic heterocycles. The number of hydrogen-bond donors (Lipinski definition) is 0. The smallest absolute Gasteiger partial charge is 0.309 e. The third kappa shape index (κ3) is 4.51. The van der Waals surface area contributed by atoms with Gasteiger partial charge in [0, 0.05) is 38.1 Å². The van der Waals surface area contributed by atoms with Crippen molar-refractivity contribution < 1.29 is 14.3 Å². The van der Waals surface area contributed by atoms with Crippen molar-refractivity contribution in [1.82, 2.24) is 14.9 Å². The number of likely N-dealkylation sites (tertiary alicyclic amines) is 1. The molecule has 26 heavy (non-hydrogen) atoms. The first-order valence-electron chi connectivity index (χ1n) is 9.67. The zero-order chi connectivity index (χ0) is 18.4. The summed E-state index contributed by atoms with van der Waals surface area (Å²) in [6.07, 6.45) is 9.06. The Balaban J connectivity index is 1.43. The molecule has 7 heteroatoms. The van der Waals surface area contributed by atoms with Gasteiger partial charge in [0.15, 0.2) is 6.61 Å². The second-order valence-electron chi connectivity index (χ2n) is 7.06. The Morgan fingerprint density at radius 2 is 1.85 bits per heavy atom. The Morgan fingerprint density at radius 3 is 2.54 bits per heavy atom. The average Bonchev–Trinajstić information content (AvgIpc) is 2.72. The molecule has 3 rings (SSSR count). The predicted molar refractivity (Wildman–Crippen MR) is 97.6 cm³/mol. The van der Waals surface area contributed by atoms with Crippen molar-refractivity contribution in [3.63, 3.8) is 0 Å². The molecule has 142 valence electrons. The van der Waals surface area contributed by atoms with E-state index in [1.165, 1.54) is 6.42 Å². The molecule has 0 saturated carbocycles. The zero-order valence-electron chi connectivity index (χ0n) is 15.5. The molecule has 0 aliphatic carbocycles. The van der Waals surface area contributed by atoms with Gasteiger partial charge >= 0.3 is 5.97 Å². The van der Waals surface area contributed by atoms with E-state index in [1.807, 2.05) is 4.90 Å². The highest BCUT2D eigenvalue weighted by molar-refractivity contribution is 5.81. The van der Waals surface area contributed by atoms with E-state index < -0.39 is 0 Å². The molecule has 1 unspecified atom stereocenters. The molecule has 0 N–H and O–H groups in total. The topological polar surface area (TPSA) is 75.6 Å². The minimum absolute atomic E-state index is 0.0555. The van der Waals surface area contributed by atoms with E-state index in [-0.39, 0.29) is 24.4 Å². The lowest BCUT2D eigenvalue weighted by Crippen LogP contribution is -2.45. The largest absolute Gasteiger partial charge is 0.455 e. The van der Waals surface area contributed by atoms with E-state index in [0.29, 0.717) is 24.8 Å². The Hall–Kier alpha value is -2.18. The first-order chi connectivity index (χ1) is 12.7. The van der Waals surface area contributed by atoms with Crippen LogP contribution in [0.25, 0.3) is 0 Å². The fourth-order valence-electron chi connectivity index (χ4n) is 3.86. The second-order valence-corrected chi connectivity index (χ2v) is 7.06. The van der Waals surface area contributed by atoms with Crippen LogP contribution in [0.1, 0.15) is 45.4 Å². The fourth-order valence-corrected chi connectivity index (χ4v) is 3.86. The highest BCUT2D eigenvalue weighted by Crippen LogP contribution is 2.22. The second kappa shape index (κ2) is 8.96. The summed E-state index contributed by atoms with van der Waals surface area (Å²) in [5.41, 5.74) is 0. The van der Waals surface area contributed by atoms with Crippen LogP contribution in [0, 0.1) is 5.92 Å². The van der Waals surface area contributed by atoms with E-state index in [2.05, 4.69) is 21.8 Å². The summed E-state index contributed by atoms with van der Waals surface area (Å²) in [5.74, 6) is 0.244. The number of rotatable bonds is 5. The van der Waals surface area contributed by atoms with Gasteiger partial charge in [-0.05, 0) is 44.6 Å². The molecule has 2 fully saturated rings. The van der Waals surface area contributed by atoms with Crippen molar-refractivity contribution in [2.75, 3.05) is 31.1 Å². The van der Waals surface area contributed by atoms with Crippen molar-refractivity contribution in [2.45, 2.75) is 51.5 Å². The number of hydrogen-bond acceptors (Lipinski definition) is 6. The summed E-state index contributed by atoms with van der Waals surface area (Å²) in [6, 6.07) is 2.08. The highest BCUT2D eigenvalue weighted by Gasteiger charge is 2.29. The molecular weight excluding hydrogens is 332 g/mol. The van der Waals surface area contributed by atoms with Crippen molar-refractivity contribution in [3.8, 4) is 0 Å². The fraction of sp³-hybridized carbons (Fsp3) is 0.684. The van der Waals surface area contributed by atoms with Gasteiger partial charge in [0.1, 0.15) is 0 Å². The maximum atomic E-state index is 12.4. The van der Waals surface area contributed by atoms with Gasteiger partial charge in [-0.15, -0.1) is 0 Å². The van der Waals surface area contributed by atoms with Crippen LogP contribution in [0.5, 0.6) is 0 Å². The molecule has 7 nitrogen and oxygen atoms in total. The number of carbonyl (C=O) groups excluding carboxylic acids is 2. The molecule has 0 bridgehead atoms. The predicted octanol–water partition coefficient (Wildman–Crippen LogP) is 2.03. The third-order valence-electron chi connectivity index (χ3n) is 5.42. The number of anilines is 1. The van der Waals surface area contributed by atoms with E-state index in [0.717, 1.165) is 38.9 Å². The van der Waals surface area contributed by atoms with E-state index in [9.17, 15) is 9.59 Å². The number of ether oxygens (including phenoxy) is 1. The SMILES string of the molecule is CCC1CCCCN1C(=O)COC(=O)C1CCN(c2ncccn2)CC1. The summed E-state index contributed by atoms with van der Waals surface area (Å²) in [4.78, 5) is 37.2. The summed E-state index contributed by atoms with van der Waals surface area (Å²) >= 11 is 0. The number of aromatic nitrogens is 2. The molecule has 0 spiro atoms. The summed E-state index contributed by atoms with van der Waals surface area (Å²) in [5, 5.41) is 0. The monoisotopic (exact) mass is 360 g/mol. The summed E-state index contributed by atoms with van der Waals surface area (Å²) < 4.78 is 5.35. The maximum absolute atomic E-state index is 12.4. The Labute approximate surface area is 154 Å². The Morgan fingerprint density at radius 1 is 1.12 bits per heavy atom. The lowest BCUT2D eigenvalue weighted by molar-refractivity contribution is -0.157. The lowest BCUT2D eigenvalue weighted by Gasteiger charge is -2.35. The van der Waals surface area contributed by atoms with Gasteiger partial charge in [0.2, 0.25) is 5.95 Å². The van der Waals surface area contributed by atoms with Gasteiger partial charge in [-0.3, -0.25) is 9.59 Å². The zero-order valence-corrected chi connectivity index (χ0v) is 15.5. The van der Waals surface area contributed by atoms with Gasteiger partial charge in [-0.1, -0.05) is 6.92 Å². The standard InChI is InChI=1S/C19H28N4O3/c1-2-16-6-3-4-11-23(16)17(24)14-26-18(25)15-7-12-22(13-8-15)19-20-9-5-10-21-19/h5,9-10,15-16H,2-4,6-8,11-14H2,1H3. The molecule has 0 radical (unpaired) electrons. The molecule has 1 atom stereocenters. The molecule has 2 aliphatic rings. The molecule has 1 amide bonds. The van der Waals surface area contributed by atoms with Gasteiger partial charge in [-0.2, -0.15) is 0 Å². The lowest BCUT2D eigenvalue weighted by atomic mass is 9.97. The van der Waals surface area contributed by atoms with Crippen LogP contribution in [0.15, 0.2) is 18.5 Å². The van der Waals surface area contributed by atoms with Crippen LogP contribution in [-0.2, 0) is 14.3 Å².